The summed E-state index contributed by atoms with van der Waals surface area (Å²) in [6.45, 7) is 11.0. The van der Waals surface area contributed by atoms with E-state index >= 15 is 0 Å². The van der Waals surface area contributed by atoms with Crippen LogP contribution in [0.1, 0.15) is 59.8 Å². The van der Waals surface area contributed by atoms with Crippen molar-refractivity contribution >= 4 is 22.5 Å². The third kappa shape index (κ3) is 7.25. The van der Waals surface area contributed by atoms with Crippen molar-refractivity contribution in [3.8, 4) is 5.75 Å². The second kappa shape index (κ2) is 12.5. The summed E-state index contributed by atoms with van der Waals surface area (Å²) in [4.78, 5) is 36.7. The van der Waals surface area contributed by atoms with Crippen LogP contribution >= 0.6 is 0 Å². The van der Waals surface area contributed by atoms with Crippen molar-refractivity contribution in [3.63, 3.8) is 0 Å². The highest BCUT2D eigenvalue weighted by molar-refractivity contribution is 5.98. The number of carbonyl (C=O) groups is 2. The maximum absolute atomic E-state index is 13.0. The first kappa shape index (κ1) is 27.1. The first-order valence-electron chi connectivity index (χ1n) is 12.3. The maximum Gasteiger partial charge on any atom is 0.339 e. The summed E-state index contributed by atoms with van der Waals surface area (Å²) in [6, 6.07) is 11.1. The van der Waals surface area contributed by atoms with Crippen LogP contribution in [0.15, 0.2) is 57.3 Å². The maximum atomic E-state index is 13.0. The van der Waals surface area contributed by atoms with Gasteiger partial charge in [-0.25, -0.2) is 4.79 Å². The Labute approximate surface area is 212 Å². The van der Waals surface area contributed by atoms with Gasteiger partial charge in [-0.1, -0.05) is 23.8 Å². The fraction of sp³-hybridized carbons (Fsp3) is 0.367. The summed E-state index contributed by atoms with van der Waals surface area (Å²) < 4.78 is 11.5. The van der Waals surface area contributed by atoms with Crippen molar-refractivity contribution in [2.24, 2.45) is 0 Å². The average Bonchev–Trinajstić information content (AvgIpc) is 2.82. The van der Waals surface area contributed by atoms with Gasteiger partial charge in [0.15, 0.2) is 5.78 Å². The van der Waals surface area contributed by atoms with Crippen molar-refractivity contribution in [1.29, 1.82) is 0 Å². The second-order valence-corrected chi connectivity index (χ2v) is 9.47. The molecule has 2 aromatic carbocycles. The highest BCUT2D eigenvalue weighted by Gasteiger charge is 2.15. The Morgan fingerprint density at radius 2 is 1.81 bits per heavy atom. The van der Waals surface area contributed by atoms with Crippen LogP contribution in [0.4, 0.5) is 0 Å². The summed E-state index contributed by atoms with van der Waals surface area (Å²) in [5.41, 5.74) is 5.08. The minimum Gasteiger partial charge on any atom is -0.493 e. The predicted octanol–water partition coefficient (Wildman–Crippen LogP) is 5.29. The van der Waals surface area contributed by atoms with Gasteiger partial charge >= 0.3 is 5.63 Å². The zero-order valence-electron chi connectivity index (χ0n) is 21.8. The van der Waals surface area contributed by atoms with Gasteiger partial charge in [-0.05, 0) is 89.4 Å². The zero-order chi connectivity index (χ0) is 26.2. The van der Waals surface area contributed by atoms with Gasteiger partial charge in [-0.3, -0.25) is 9.59 Å². The number of ether oxygens (including phenoxy) is 1. The van der Waals surface area contributed by atoms with Crippen LogP contribution in [0.5, 0.6) is 5.75 Å². The summed E-state index contributed by atoms with van der Waals surface area (Å²) in [7, 11) is 0. The number of fused-ring (bicyclic) bond motifs is 1. The van der Waals surface area contributed by atoms with E-state index in [-0.39, 0.29) is 18.0 Å². The minimum atomic E-state index is -0.513. The van der Waals surface area contributed by atoms with Gasteiger partial charge in [-0.15, -0.1) is 0 Å². The number of allylic oxidation sites excluding steroid dienone is 2. The Hall–Kier alpha value is -3.51. The van der Waals surface area contributed by atoms with Gasteiger partial charge in [0.2, 0.25) is 0 Å². The van der Waals surface area contributed by atoms with E-state index in [1.807, 2.05) is 44.2 Å². The lowest BCUT2D eigenvalue weighted by Crippen LogP contribution is -2.23. The monoisotopic (exact) mass is 489 g/mol. The largest absolute Gasteiger partial charge is 0.493 e. The molecule has 1 aromatic heterocycles. The van der Waals surface area contributed by atoms with E-state index < -0.39 is 5.63 Å². The van der Waals surface area contributed by atoms with Crippen LogP contribution in [0, 0.1) is 13.8 Å². The summed E-state index contributed by atoms with van der Waals surface area (Å²) in [5.74, 6) is 0.625. The highest BCUT2D eigenvalue weighted by atomic mass is 16.5. The van der Waals surface area contributed by atoms with Gasteiger partial charge < -0.3 is 14.5 Å². The lowest BCUT2D eigenvalue weighted by molar-refractivity contribution is -0.116. The van der Waals surface area contributed by atoms with Crippen LogP contribution in [-0.4, -0.2) is 31.3 Å². The summed E-state index contributed by atoms with van der Waals surface area (Å²) in [6.07, 6.45) is 3.63. The van der Waals surface area contributed by atoms with E-state index in [1.165, 1.54) is 5.57 Å². The molecule has 0 atom stereocenters. The molecule has 6 nitrogen and oxygen atoms in total. The van der Waals surface area contributed by atoms with E-state index in [9.17, 15) is 14.4 Å². The smallest absolute Gasteiger partial charge is 0.339 e. The number of benzene rings is 2. The number of carbonyl (C=O) groups excluding carboxylic acids is 2. The van der Waals surface area contributed by atoms with Crippen molar-refractivity contribution in [2.75, 3.05) is 19.7 Å². The molecule has 1 N–H and O–H groups in total. The van der Waals surface area contributed by atoms with E-state index in [4.69, 9.17) is 9.15 Å². The van der Waals surface area contributed by atoms with Gasteiger partial charge in [0.25, 0.3) is 0 Å². The Balaban J connectivity index is 1.73. The minimum absolute atomic E-state index is 0.0199. The molecule has 3 rings (SSSR count). The first-order valence-corrected chi connectivity index (χ1v) is 12.3. The predicted molar refractivity (Wildman–Crippen MR) is 143 cm³/mol. The molecule has 0 aliphatic carbocycles. The SMILES string of the molecule is CC(=O)CNCCCOc1ccc2cc(CC(=O)c3ccc(C)c(CC=C(C)C)c3)c(=O)oc2c1C. The Bertz CT molecular complexity index is 1350. The van der Waals surface area contributed by atoms with Crippen LogP contribution in [0.25, 0.3) is 11.0 Å². The number of ketones is 2. The van der Waals surface area contributed by atoms with Gasteiger partial charge in [-0.2, -0.15) is 0 Å². The number of Topliss-reactive ketones (excluding diaryl/α,β-unsaturated/α-hetero) is 2. The van der Waals surface area contributed by atoms with Crippen LogP contribution < -0.4 is 15.7 Å². The second-order valence-electron chi connectivity index (χ2n) is 9.47. The van der Waals surface area contributed by atoms with Crippen LogP contribution in [-0.2, 0) is 17.6 Å². The number of aryl methyl sites for hydroxylation is 2. The lowest BCUT2D eigenvalue weighted by Gasteiger charge is -2.11. The molecule has 0 amide bonds. The molecule has 0 radical (unpaired) electrons. The number of rotatable bonds is 12. The molecule has 0 saturated heterocycles. The van der Waals surface area contributed by atoms with Gasteiger partial charge in [0.1, 0.15) is 17.1 Å². The lowest BCUT2D eigenvalue weighted by atomic mass is 9.97. The van der Waals surface area contributed by atoms with E-state index in [1.54, 1.807) is 13.0 Å². The van der Waals surface area contributed by atoms with Crippen molar-refractivity contribution in [3.05, 3.63) is 86.3 Å². The Kier molecular flexibility index (Phi) is 9.37. The number of nitrogens with one attached hydrogen (secondary N) is 1. The van der Waals surface area contributed by atoms with Crippen molar-refractivity contribution in [2.45, 2.75) is 53.9 Å². The molecule has 6 heteroatoms. The summed E-state index contributed by atoms with van der Waals surface area (Å²) >= 11 is 0. The molecular formula is C30H35NO5. The molecular weight excluding hydrogens is 454 g/mol. The standard InChI is InChI=1S/C30H35NO5/c1-19(2)7-9-23-15-24(10-8-20(23)3)27(33)17-26-16-25-11-12-28(22(5)29(25)36-30(26)34)35-14-6-13-31-18-21(4)32/h7-8,10-12,15-16,31H,6,9,13-14,17-18H2,1-5H3. The van der Waals surface area contributed by atoms with Crippen LogP contribution in [0.3, 0.4) is 0 Å². The molecule has 0 aliphatic heterocycles. The number of hydrogen-bond donors (Lipinski definition) is 1. The topological polar surface area (TPSA) is 85.6 Å². The zero-order valence-corrected chi connectivity index (χ0v) is 21.8. The van der Waals surface area contributed by atoms with Gasteiger partial charge in [0, 0.05) is 28.5 Å². The summed E-state index contributed by atoms with van der Waals surface area (Å²) in [5, 5.41) is 3.80. The molecule has 0 saturated carbocycles. The first-order chi connectivity index (χ1) is 17.2. The molecule has 0 aliphatic rings. The molecule has 0 spiro atoms. The fourth-order valence-corrected chi connectivity index (χ4v) is 3.93. The normalized spacial score (nSPS) is 10.9. The Morgan fingerprint density at radius 3 is 2.53 bits per heavy atom. The molecule has 36 heavy (non-hydrogen) atoms. The molecule has 1 heterocycles. The Morgan fingerprint density at radius 1 is 1.03 bits per heavy atom. The molecule has 0 unspecified atom stereocenters. The molecule has 3 aromatic rings. The molecule has 0 bridgehead atoms. The van der Waals surface area contributed by atoms with Crippen molar-refractivity contribution in [1.82, 2.24) is 5.32 Å². The van der Waals surface area contributed by atoms with E-state index in [2.05, 4.69) is 25.2 Å². The van der Waals surface area contributed by atoms with E-state index in [0.717, 1.165) is 34.9 Å². The highest BCUT2D eigenvalue weighted by Crippen LogP contribution is 2.27. The quantitative estimate of drug-likeness (QED) is 0.161. The van der Waals surface area contributed by atoms with Crippen molar-refractivity contribution < 1.29 is 18.7 Å². The third-order valence-electron chi connectivity index (χ3n) is 6.06. The van der Waals surface area contributed by atoms with E-state index in [0.29, 0.717) is 42.2 Å². The fourth-order valence-electron chi connectivity index (χ4n) is 3.93. The van der Waals surface area contributed by atoms with Gasteiger partial charge in [0.05, 0.1) is 13.2 Å². The average molecular weight is 490 g/mol. The molecule has 190 valence electrons. The molecule has 0 fully saturated rings. The van der Waals surface area contributed by atoms with Crippen LogP contribution in [0.2, 0.25) is 0 Å². The third-order valence-corrected chi connectivity index (χ3v) is 6.06. The number of hydrogen-bond acceptors (Lipinski definition) is 6.